The van der Waals surface area contributed by atoms with Crippen LogP contribution in [0.3, 0.4) is 0 Å². The highest BCUT2D eigenvalue weighted by Crippen LogP contribution is 2.18. The highest BCUT2D eigenvalue weighted by molar-refractivity contribution is 7.13. The number of amides is 3. The van der Waals surface area contributed by atoms with E-state index >= 15 is 0 Å². The molecule has 0 bridgehead atoms. The van der Waals surface area contributed by atoms with E-state index in [0.717, 1.165) is 16.9 Å². The van der Waals surface area contributed by atoms with Gasteiger partial charge in [0.2, 0.25) is 5.91 Å². The molecular weight excluding hydrogens is 360 g/mol. The summed E-state index contributed by atoms with van der Waals surface area (Å²) in [6.45, 7) is 1.98. The van der Waals surface area contributed by atoms with Gasteiger partial charge in [-0.1, -0.05) is 30.3 Å². The van der Waals surface area contributed by atoms with Crippen LogP contribution < -0.4 is 16.0 Å². The van der Waals surface area contributed by atoms with Crippen LogP contribution in [0.5, 0.6) is 0 Å². The lowest BCUT2D eigenvalue weighted by Crippen LogP contribution is -2.19. The molecule has 0 aliphatic heterocycles. The first kappa shape index (κ1) is 18.6. The van der Waals surface area contributed by atoms with E-state index in [-0.39, 0.29) is 11.9 Å². The number of nitrogens with one attached hydrogen (secondary N) is 3. The van der Waals surface area contributed by atoms with Crippen LogP contribution >= 0.6 is 11.3 Å². The largest absolute Gasteiger partial charge is 0.326 e. The van der Waals surface area contributed by atoms with Crippen molar-refractivity contribution in [2.24, 2.45) is 0 Å². The van der Waals surface area contributed by atoms with Crippen molar-refractivity contribution in [1.29, 1.82) is 0 Å². The Labute approximate surface area is 161 Å². The summed E-state index contributed by atoms with van der Waals surface area (Å²) in [6, 6.07) is 16.5. The zero-order chi connectivity index (χ0) is 19.1. The Kier molecular flexibility index (Phi) is 6.17. The van der Waals surface area contributed by atoms with Gasteiger partial charge in [-0.15, -0.1) is 11.3 Å². The van der Waals surface area contributed by atoms with Gasteiger partial charge in [-0.3, -0.25) is 10.1 Å². The molecule has 0 unspecified atom stereocenters. The lowest BCUT2D eigenvalue weighted by atomic mass is 10.2. The minimum Gasteiger partial charge on any atom is -0.326 e. The Balaban J connectivity index is 1.46. The van der Waals surface area contributed by atoms with Crippen LogP contribution in [0.2, 0.25) is 0 Å². The molecule has 7 heteroatoms. The fourth-order valence-electron chi connectivity index (χ4n) is 2.45. The minimum absolute atomic E-state index is 0.0649. The normalized spacial score (nSPS) is 10.3. The molecule has 0 radical (unpaired) electrons. The Bertz CT molecular complexity index is 924. The van der Waals surface area contributed by atoms with Crippen molar-refractivity contribution in [2.75, 3.05) is 16.0 Å². The average molecular weight is 380 g/mol. The number of carbonyl (C=O) groups is 2. The van der Waals surface area contributed by atoms with Crippen molar-refractivity contribution >= 4 is 39.8 Å². The summed E-state index contributed by atoms with van der Waals surface area (Å²) in [7, 11) is 0. The Hall–Kier alpha value is -3.19. The number of carbonyl (C=O) groups excluding carboxylic acids is 2. The van der Waals surface area contributed by atoms with Gasteiger partial charge in [0.1, 0.15) is 0 Å². The van der Waals surface area contributed by atoms with E-state index in [0.29, 0.717) is 23.7 Å². The van der Waals surface area contributed by atoms with Gasteiger partial charge in [0.15, 0.2) is 5.13 Å². The van der Waals surface area contributed by atoms with Gasteiger partial charge in [0.05, 0.1) is 5.69 Å². The maximum absolute atomic E-state index is 12.1. The number of benzene rings is 2. The number of hydrogen-bond donors (Lipinski definition) is 3. The minimum atomic E-state index is -0.348. The molecule has 2 aromatic carbocycles. The number of urea groups is 1. The third-order valence-corrected chi connectivity index (χ3v) is 4.52. The summed E-state index contributed by atoms with van der Waals surface area (Å²) in [5, 5.41) is 10.7. The maximum Gasteiger partial charge on any atom is 0.325 e. The zero-order valence-electron chi connectivity index (χ0n) is 14.9. The number of aromatic nitrogens is 1. The molecule has 1 heterocycles. The fourth-order valence-corrected chi connectivity index (χ4v) is 3.19. The Morgan fingerprint density at radius 1 is 0.963 bits per heavy atom. The number of aryl methyl sites for hydroxylation is 2. The standard InChI is InChI=1S/C20H20N4O2S/c1-14-6-5-9-16(12-14)21-18(25)11-10-17-13-27-20(23-17)24-19(26)22-15-7-3-2-4-8-15/h2-9,12-13H,10-11H2,1H3,(H,21,25)(H2,22,23,24,26). The van der Waals surface area contributed by atoms with Crippen molar-refractivity contribution < 1.29 is 9.59 Å². The van der Waals surface area contributed by atoms with Gasteiger partial charge in [-0.25, -0.2) is 9.78 Å². The van der Waals surface area contributed by atoms with Gasteiger partial charge in [0.25, 0.3) is 0 Å². The molecule has 1 aromatic heterocycles. The van der Waals surface area contributed by atoms with E-state index in [9.17, 15) is 9.59 Å². The zero-order valence-corrected chi connectivity index (χ0v) is 15.7. The summed E-state index contributed by atoms with van der Waals surface area (Å²) < 4.78 is 0. The van der Waals surface area contributed by atoms with Crippen LogP contribution in [0.15, 0.2) is 60.0 Å². The topological polar surface area (TPSA) is 83.1 Å². The monoisotopic (exact) mass is 380 g/mol. The van der Waals surface area contributed by atoms with Gasteiger partial charge in [0, 0.05) is 23.2 Å². The van der Waals surface area contributed by atoms with Crippen molar-refractivity contribution in [2.45, 2.75) is 19.8 Å². The van der Waals surface area contributed by atoms with E-state index in [1.807, 2.05) is 54.8 Å². The quantitative estimate of drug-likeness (QED) is 0.581. The van der Waals surface area contributed by atoms with Gasteiger partial charge in [-0.05, 0) is 43.2 Å². The number of rotatable bonds is 6. The maximum atomic E-state index is 12.1. The SMILES string of the molecule is Cc1cccc(NC(=O)CCc2csc(NC(=O)Nc3ccccc3)n2)c1. The highest BCUT2D eigenvalue weighted by Gasteiger charge is 2.09. The van der Waals surface area contributed by atoms with Crippen LogP contribution in [0, 0.1) is 6.92 Å². The first-order chi connectivity index (χ1) is 13.1. The lowest BCUT2D eigenvalue weighted by Gasteiger charge is -2.05. The van der Waals surface area contributed by atoms with Crippen molar-refractivity contribution in [3.63, 3.8) is 0 Å². The summed E-state index contributed by atoms with van der Waals surface area (Å²) in [5.41, 5.74) is 3.36. The molecule has 3 amide bonds. The van der Waals surface area contributed by atoms with Crippen LogP contribution in [0.1, 0.15) is 17.7 Å². The molecule has 138 valence electrons. The van der Waals surface area contributed by atoms with Crippen molar-refractivity contribution in [3.05, 3.63) is 71.2 Å². The van der Waals surface area contributed by atoms with Crippen LogP contribution in [-0.2, 0) is 11.2 Å². The summed E-state index contributed by atoms with van der Waals surface area (Å²) in [6.07, 6.45) is 0.837. The third kappa shape index (κ3) is 5.93. The first-order valence-corrected chi connectivity index (χ1v) is 9.40. The molecule has 0 aliphatic carbocycles. The van der Waals surface area contributed by atoms with E-state index in [4.69, 9.17) is 0 Å². The van der Waals surface area contributed by atoms with Gasteiger partial charge >= 0.3 is 6.03 Å². The molecular formula is C20H20N4O2S. The van der Waals surface area contributed by atoms with Crippen molar-refractivity contribution in [1.82, 2.24) is 4.98 Å². The lowest BCUT2D eigenvalue weighted by molar-refractivity contribution is -0.116. The molecule has 27 heavy (non-hydrogen) atoms. The van der Waals surface area contributed by atoms with Crippen LogP contribution in [-0.4, -0.2) is 16.9 Å². The number of para-hydroxylation sites is 1. The molecule has 3 N–H and O–H groups in total. The summed E-state index contributed by atoms with van der Waals surface area (Å²) in [5.74, 6) is -0.0649. The van der Waals surface area contributed by atoms with Crippen LogP contribution in [0.25, 0.3) is 0 Å². The summed E-state index contributed by atoms with van der Waals surface area (Å²) in [4.78, 5) is 28.4. The smallest absolute Gasteiger partial charge is 0.325 e. The summed E-state index contributed by atoms with van der Waals surface area (Å²) >= 11 is 1.33. The number of thiazole rings is 1. The highest BCUT2D eigenvalue weighted by atomic mass is 32.1. The van der Waals surface area contributed by atoms with Crippen molar-refractivity contribution in [3.8, 4) is 0 Å². The van der Waals surface area contributed by atoms with E-state index in [1.54, 1.807) is 12.1 Å². The second-order valence-corrected chi connectivity index (χ2v) is 6.86. The van der Waals surface area contributed by atoms with Gasteiger partial charge in [-0.2, -0.15) is 0 Å². The predicted molar refractivity (Wildman–Crippen MR) is 109 cm³/mol. The first-order valence-electron chi connectivity index (χ1n) is 8.52. The van der Waals surface area contributed by atoms with E-state index in [2.05, 4.69) is 20.9 Å². The second-order valence-electron chi connectivity index (χ2n) is 6.01. The fraction of sp³-hybridized carbons (Fsp3) is 0.150. The number of nitrogens with zero attached hydrogens (tertiary/aromatic N) is 1. The van der Waals surface area contributed by atoms with Crippen LogP contribution in [0.4, 0.5) is 21.3 Å². The molecule has 3 rings (SSSR count). The van der Waals surface area contributed by atoms with E-state index < -0.39 is 0 Å². The molecule has 0 aliphatic rings. The third-order valence-electron chi connectivity index (χ3n) is 3.71. The molecule has 6 nitrogen and oxygen atoms in total. The molecule has 0 saturated heterocycles. The Morgan fingerprint density at radius 3 is 2.52 bits per heavy atom. The van der Waals surface area contributed by atoms with Gasteiger partial charge < -0.3 is 10.6 Å². The average Bonchev–Trinajstić information content (AvgIpc) is 3.08. The molecule has 3 aromatic rings. The predicted octanol–water partition coefficient (Wildman–Crippen LogP) is 4.67. The molecule has 0 spiro atoms. The number of hydrogen-bond acceptors (Lipinski definition) is 4. The molecule has 0 atom stereocenters. The molecule has 0 saturated carbocycles. The number of anilines is 3. The molecule has 0 fully saturated rings. The van der Waals surface area contributed by atoms with E-state index in [1.165, 1.54) is 11.3 Å². The second kappa shape index (κ2) is 8.95. The Morgan fingerprint density at radius 2 is 1.74 bits per heavy atom.